The number of rotatable bonds is 0. The molecule has 0 aromatic heterocycles. The Hall–Kier alpha value is -0.160. The van der Waals surface area contributed by atoms with E-state index in [1.165, 1.54) is 0 Å². The zero-order chi connectivity index (χ0) is 14.1. The summed E-state index contributed by atoms with van der Waals surface area (Å²) in [5.41, 5.74) is 0.793. The Kier molecular flexibility index (Phi) is 2.86. The third-order valence-electron chi connectivity index (χ3n) is 5.37. The van der Waals surface area contributed by atoms with Crippen LogP contribution in [0.3, 0.4) is 0 Å². The Labute approximate surface area is 117 Å². The lowest BCUT2D eigenvalue weighted by atomic mass is 9.72. The number of nitrogens with one attached hydrogen (secondary N) is 3. The molecule has 0 saturated carbocycles. The van der Waals surface area contributed by atoms with E-state index in [0.29, 0.717) is 18.5 Å². The van der Waals surface area contributed by atoms with Crippen molar-refractivity contribution in [1.82, 2.24) is 20.9 Å². The Balaban J connectivity index is 2.00. The second-order valence-corrected chi connectivity index (χ2v) is 8.76. The van der Waals surface area contributed by atoms with Gasteiger partial charge in [0.2, 0.25) is 0 Å². The van der Waals surface area contributed by atoms with Crippen molar-refractivity contribution in [2.45, 2.75) is 60.0 Å². The van der Waals surface area contributed by atoms with E-state index in [0.717, 1.165) is 19.6 Å². The summed E-state index contributed by atoms with van der Waals surface area (Å²) in [6.45, 7) is 17.5. The van der Waals surface area contributed by atoms with E-state index in [9.17, 15) is 0 Å². The van der Waals surface area contributed by atoms with Crippen LogP contribution in [0.2, 0.25) is 0 Å². The average molecular weight is 266 g/mol. The molecule has 3 aliphatic heterocycles. The van der Waals surface area contributed by atoms with E-state index in [1.807, 2.05) is 0 Å². The summed E-state index contributed by atoms with van der Waals surface area (Å²) in [5, 5.41) is 11.4. The van der Waals surface area contributed by atoms with Crippen molar-refractivity contribution in [2.75, 3.05) is 19.6 Å². The maximum Gasteiger partial charge on any atom is 0.0690 e. The minimum Gasteiger partial charge on any atom is -0.301 e. The molecule has 110 valence electrons. The molecular weight excluding hydrogens is 236 g/mol. The van der Waals surface area contributed by atoms with Gasteiger partial charge in [-0.1, -0.05) is 41.5 Å². The fraction of sp³-hybridized carbons (Fsp3) is 1.00. The van der Waals surface area contributed by atoms with Crippen LogP contribution in [0.25, 0.3) is 0 Å². The topological polar surface area (TPSA) is 39.3 Å². The molecule has 0 amide bonds. The van der Waals surface area contributed by atoms with E-state index in [4.69, 9.17) is 0 Å². The molecule has 3 rings (SSSR count). The first-order chi connectivity index (χ1) is 8.65. The number of nitrogens with zero attached hydrogens (tertiary/aromatic N) is 1. The van der Waals surface area contributed by atoms with Gasteiger partial charge < -0.3 is 16.0 Å². The maximum absolute atomic E-state index is 3.81. The van der Waals surface area contributed by atoms with Gasteiger partial charge in [-0.3, -0.25) is 4.90 Å². The summed E-state index contributed by atoms with van der Waals surface area (Å²) in [6.07, 6.45) is 1.39. The van der Waals surface area contributed by atoms with Crippen LogP contribution >= 0.6 is 0 Å². The molecule has 3 aliphatic rings. The first-order valence-corrected chi connectivity index (χ1v) is 7.63. The van der Waals surface area contributed by atoms with Crippen LogP contribution in [0.1, 0.15) is 41.5 Å². The summed E-state index contributed by atoms with van der Waals surface area (Å²) in [4.78, 5) is 2.68. The van der Waals surface area contributed by atoms with Gasteiger partial charge in [-0.15, -0.1) is 0 Å². The van der Waals surface area contributed by atoms with Crippen LogP contribution in [-0.4, -0.2) is 43.0 Å². The zero-order valence-corrected chi connectivity index (χ0v) is 13.3. The van der Waals surface area contributed by atoms with Gasteiger partial charge in [0, 0.05) is 35.9 Å². The van der Waals surface area contributed by atoms with Gasteiger partial charge in [0.25, 0.3) is 0 Å². The minimum atomic E-state index is 0.264. The van der Waals surface area contributed by atoms with E-state index in [-0.39, 0.29) is 16.2 Å². The molecule has 3 N–H and O–H groups in total. The predicted octanol–water partition coefficient (Wildman–Crippen LogP) is 1.15. The Morgan fingerprint density at radius 3 is 1.16 bits per heavy atom. The third-order valence-corrected chi connectivity index (χ3v) is 5.37. The average Bonchev–Trinajstić information content (AvgIpc) is 2.25. The second kappa shape index (κ2) is 3.94. The molecule has 0 aromatic carbocycles. The molecule has 3 heterocycles. The summed E-state index contributed by atoms with van der Waals surface area (Å²) in [6, 6.07) is 0. The van der Waals surface area contributed by atoms with Crippen LogP contribution in [0, 0.1) is 16.2 Å². The van der Waals surface area contributed by atoms with Gasteiger partial charge in [-0.05, 0) is 0 Å². The van der Waals surface area contributed by atoms with Gasteiger partial charge >= 0.3 is 0 Å². The molecule has 0 aliphatic carbocycles. The molecule has 0 bridgehead atoms. The van der Waals surface area contributed by atoms with Gasteiger partial charge in [0.05, 0.1) is 18.5 Å². The van der Waals surface area contributed by atoms with Gasteiger partial charge in [0.1, 0.15) is 0 Å². The molecule has 3 fully saturated rings. The Bertz CT molecular complexity index is 317. The van der Waals surface area contributed by atoms with Crippen molar-refractivity contribution in [1.29, 1.82) is 0 Å². The highest BCUT2D eigenvalue weighted by Gasteiger charge is 2.57. The van der Waals surface area contributed by atoms with Crippen molar-refractivity contribution in [3.8, 4) is 0 Å². The van der Waals surface area contributed by atoms with Crippen LogP contribution in [0.15, 0.2) is 0 Å². The van der Waals surface area contributed by atoms with Crippen molar-refractivity contribution in [2.24, 2.45) is 16.2 Å². The molecule has 19 heavy (non-hydrogen) atoms. The molecule has 3 saturated heterocycles. The minimum absolute atomic E-state index is 0.264. The predicted molar refractivity (Wildman–Crippen MR) is 78.6 cm³/mol. The summed E-state index contributed by atoms with van der Waals surface area (Å²) >= 11 is 0. The number of hydrogen-bond donors (Lipinski definition) is 3. The molecule has 3 atom stereocenters. The van der Waals surface area contributed by atoms with Crippen molar-refractivity contribution >= 4 is 0 Å². The van der Waals surface area contributed by atoms with Gasteiger partial charge in [-0.25, -0.2) is 0 Å². The normalized spacial score (nSPS) is 43.6. The van der Waals surface area contributed by atoms with Crippen molar-refractivity contribution < 1.29 is 0 Å². The SMILES string of the molecule is CC1(C)CNC2N3C1NCC(C)(C)C3NCC2(C)C. The second-order valence-electron chi connectivity index (χ2n) is 8.76. The third kappa shape index (κ3) is 1.96. The summed E-state index contributed by atoms with van der Waals surface area (Å²) < 4.78 is 0. The summed E-state index contributed by atoms with van der Waals surface area (Å²) in [7, 11) is 0. The van der Waals surface area contributed by atoms with Crippen LogP contribution in [0.5, 0.6) is 0 Å². The Morgan fingerprint density at radius 2 is 0.895 bits per heavy atom. The lowest BCUT2D eigenvalue weighted by molar-refractivity contribution is -0.179. The van der Waals surface area contributed by atoms with Crippen molar-refractivity contribution in [3.05, 3.63) is 0 Å². The first-order valence-electron chi connectivity index (χ1n) is 7.63. The van der Waals surface area contributed by atoms with Crippen LogP contribution in [-0.2, 0) is 0 Å². The fourth-order valence-electron chi connectivity index (χ4n) is 4.17. The molecule has 3 unspecified atom stereocenters. The highest BCUT2D eigenvalue weighted by Crippen LogP contribution is 2.43. The fourth-order valence-corrected chi connectivity index (χ4v) is 4.17. The van der Waals surface area contributed by atoms with Crippen LogP contribution in [0.4, 0.5) is 0 Å². The van der Waals surface area contributed by atoms with Gasteiger partial charge in [-0.2, -0.15) is 0 Å². The first kappa shape index (κ1) is 13.8. The maximum atomic E-state index is 3.81. The highest BCUT2D eigenvalue weighted by molar-refractivity contribution is 5.09. The smallest absolute Gasteiger partial charge is 0.0690 e. The molecule has 4 heteroatoms. The standard InChI is InChI=1S/C15H30N4/c1-13(2)7-16-11-15(5,6)9-18-12-14(3,4)8-17-10(13)19(11)12/h10-12,16-18H,7-9H2,1-6H3. The monoisotopic (exact) mass is 266 g/mol. The quantitative estimate of drug-likeness (QED) is 0.615. The number of hydrogen-bond acceptors (Lipinski definition) is 4. The van der Waals surface area contributed by atoms with E-state index >= 15 is 0 Å². The lowest BCUT2D eigenvalue weighted by Crippen LogP contribution is -2.84. The molecule has 0 radical (unpaired) electrons. The van der Waals surface area contributed by atoms with Crippen molar-refractivity contribution in [3.63, 3.8) is 0 Å². The largest absolute Gasteiger partial charge is 0.301 e. The van der Waals surface area contributed by atoms with E-state index in [1.54, 1.807) is 0 Å². The molecular formula is C15H30N4. The van der Waals surface area contributed by atoms with E-state index in [2.05, 4.69) is 62.4 Å². The highest BCUT2D eigenvalue weighted by atomic mass is 15.5. The molecule has 4 nitrogen and oxygen atoms in total. The van der Waals surface area contributed by atoms with Crippen LogP contribution < -0.4 is 16.0 Å². The molecule has 0 aromatic rings. The Morgan fingerprint density at radius 1 is 0.632 bits per heavy atom. The zero-order valence-electron chi connectivity index (χ0n) is 13.3. The molecule has 0 spiro atoms. The summed E-state index contributed by atoms with van der Waals surface area (Å²) in [5.74, 6) is 0. The lowest BCUT2D eigenvalue weighted by Gasteiger charge is -2.66. The van der Waals surface area contributed by atoms with Gasteiger partial charge in [0.15, 0.2) is 0 Å². The van der Waals surface area contributed by atoms with E-state index < -0.39 is 0 Å².